The molecule has 0 bridgehead atoms. The Balaban J connectivity index is 2.56. The molecule has 0 amide bonds. The van der Waals surface area contributed by atoms with Crippen LogP contribution in [0.15, 0.2) is 11.6 Å². The third-order valence-electron chi connectivity index (χ3n) is 3.72. The van der Waals surface area contributed by atoms with E-state index in [1.54, 1.807) is 6.08 Å². The third kappa shape index (κ3) is 4.93. The zero-order valence-electron chi connectivity index (χ0n) is 11.9. The molecule has 0 heterocycles. The molecule has 1 aliphatic carbocycles. The summed E-state index contributed by atoms with van der Waals surface area (Å²) < 4.78 is 0. The van der Waals surface area contributed by atoms with Gasteiger partial charge in [-0.25, -0.2) is 0 Å². The van der Waals surface area contributed by atoms with Gasteiger partial charge in [0.05, 0.1) is 4.87 Å². The molecule has 0 N–H and O–H groups in total. The van der Waals surface area contributed by atoms with E-state index in [1.165, 1.54) is 5.57 Å². The van der Waals surface area contributed by atoms with Gasteiger partial charge in [0, 0.05) is 10.8 Å². The minimum Gasteiger partial charge on any atom is -0.294 e. The van der Waals surface area contributed by atoms with E-state index in [4.69, 9.17) is 23.2 Å². The number of carbonyl (C=O) groups excluding carboxylic acids is 1. The molecule has 1 nitrogen and oxygen atoms in total. The highest BCUT2D eigenvalue weighted by Gasteiger charge is 2.37. The number of alkyl halides is 2. The zero-order chi connectivity index (χ0) is 14.0. The lowest BCUT2D eigenvalue weighted by molar-refractivity contribution is -0.119. The van der Waals surface area contributed by atoms with E-state index < -0.39 is 4.87 Å². The van der Waals surface area contributed by atoms with Crippen LogP contribution in [0, 0.1) is 5.92 Å². The van der Waals surface area contributed by atoms with Crippen LogP contribution in [0.25, 0.3) is 0 Å². The van der Waals surface area contributed by atoms with Crippen molar-refractivity contribution < 1.29 is 4.79 Å². The van der Waals surface area contributed by atoms with Crippen molar-refractivity contribution in [2.75, 3.05) is 0 Å². The lowest BCUT2D eigenvalue weighted by atomic mass is 9.78. The predicted octanol–water partition coefficient (Wildman–Crippen LogP) is 5.10. The van der Waals surface area contributed by atoms with Crippen LogP contribution < -0.4 is 0 Å². The van der Waals surface area contributed by atoms with Gasteiger partial charge < -0.3 is 0 Å². The maximum absolute atomic E-state index is 12.0. The molecule has 3 heteroatoms. The number of halogens is 2. The van der Waals surface area contributed by atoms with Gasteiger partial charge in [0.1, 0.15) is 0 Å². The second-order valence-electron chi connectivity index (χ2n) is 6.33. The van der Waals surface area contributed by atoms with Crippen LogP contribution in [-0.2, 0) is 4.79 Å². The van der Waals surface area contributed by atoms with E-state index in [-0.39, 0.29) is 16.6 Å². The monoisotopic (exact) mass is 290 g/mol. The van der Waals surface area contributed by atoms with Gasteiger partial charge in [-0.1, -0.05) is 5.57 Å². The maximum atomic E-state index is 12.0. The molecule has 0 saturated heterocycles. The van der Waals surface area contributed by atoms with Gasteiger partial charge >= 0.3 is 0 Å². The average Bonchev–Trinajstić information content (AvgIpc) is 2.13. The SMILES string of the molecule is CC1=CC(=O)C(C(C)(Cl)CCCC(C)(C)Cl)CC1. The number of rotatable bonds is 5. The molecule has 0 saturated carbocycles. The summed E-state index contributed by atoms with van der Waals surface area (Å²) in [6.45, 7) is 8.03. The van der Waals surface area contributed by atoms with Crippen LogP contribution in [0.4, 0.5) is 0 Å². The van der Waals surface area contributed by atoms with Crippen molar-refractivity contribution in [3.8, 4) is 0 Å². The third-order valence-corrected chi connectivity index (χ3v) is 4.36. The maximum Gasteiger partial charge on any atom is 0.160 e. The van der Waals surface area contributed by atoms with Gasteiger partial charge in [-0.15, -0.1) is 23.2 Å². The molecular formula is C15H24Cl2O. The van der Waals surface area contributed by atoms with E-state index in [9.17, 15) is 4.79 Å². The number of ketones is 1. The van der Waals surface area contributed by atoms with E-state index >= 15 is 0 Å². The van der Waals surface area contributed by atoms with E-state index in [0.717, 1.165) is 32.1 Å². The summed E-state index contributed by atoms with van der Waals surface area (Å²) in [5.41, 5.74) is 1.17. The first kappa shape index (κ1) is 16.0. The van der Waals surface area contributed by atoms with Crippen molar-refractivity contribution in [1.82, 2.24) is 0 Å². The average molecular weight is 291 g/mol. The smallest absolute Gasteiger partial charge is 0.160 e. The second-order valence-corrected chi connectivity index (χ2v) is 8.22. The van der Waals surface area contributed by atoms with Gasteiger partial charge in [-0.3, -0.25) is 4.79 Å². The minimum atomic E-state index is -0.434. The fourth-order valence-corrected chi connectivity index (χ4v) is 3.04. The Morgan fingerprint density at radius 3 is 2.39 bits per heavy atom. The van der Waals surface area contributed by atoms with E-state index in [0.29, 0.717) is 0 Å². The topological polar surface area (TPSA) is 17.1 Å². The van der Waals surface area contributed by atoms with Crippen molar-refractivity contribution in [1.29, 1.82) is 0 Å². The molecule has 0 aromatic carbocycles. The van der Waals surface area contributed by atoms with Crippen LogP contribution in [-0.4, -0.2) is 15.5 Å². The number of allylic oxidation sites excluding steroid dienone is 2. The Morgan fingerprint density at radius 2 is 1.89 bits per heavy atom. The van der Waals surface area contributed by atoms with Crippen LogP contribution in [0.5, 0.6) is 0 Å². The first-order chi connectivity index (χ1) is 8.12. The van der Waals surface area contributed by atoms with Gasteiger partial charge in [0.2, 0.25) is 0 Å². The molecule has 0 aromatic rings. The van der Waals surface area contributed by atoms with Gasteiger partial charge in [0.25, 0.3) is 0 Å². The Hall–Kier alpha value is -0.0100. The molecule has 0 aromatic heterocycles. The lowest BCUT2D eigenvalue weighted by Crippen LogP contribution is -2.36. The summed E-state index contributed by atoms with van der Waals surface area (Å²) in [5, 5.41) is 0. The first-order valence-corrected chi connectivity index (χ1v) is 7.46. The molecule has 0 radical (unpaired) electrons. The van der Waals surface area contributed by atoms with Crippen molar-refractivity contribution >= 4 is 29.0 Å². The Morgan fingerprint density at radius 1 is 1.28 bits per heavy atom. The van der Waals surface area contributed by atoms with Crippen molar-refractivity contribution in [3.05, 3.63) is 11.6 Å². The summed E-state index contributed by atoms with van der Waals surface area (Å²) in [6.07, 6.45) is 6.36. The summed E-state index contributed by atoms with van der Waals surface area (Å²) in [7, 11) is 0. The highest BCUT2D eigenvalue weighted by molar-refractivity contribution is 6.26. The number of carbonyl (C=O) groups is 1. The Kier molecular flexibility index (Phi) is 5.32. The van der Waals surface area contributed by atoms with Gasteiger partial charge in [0.15, 0.2) is 5.78 Å². The lowest BCUT2D eigenvalue weighted by Gasteiger charge is -2.33. The molecule has 0 spiro atoms. The Bertz CT molecular complexity index is 337. The Labute approximate surface area is 121 Å². The summed E-state index contributed by atoms with van der Waals surface area (Å²) in [4.78, 5) is 11.4. The molecule has 0 fully saturated rings. The van der Waals surface area contributed by atoms with Crippen LogP contribution in [0.1, 0.15) is 59.8 Å². The normalized spacial score (nSPS) is 24.7. The number of hydrogen-bond donors (Lipinski definition) is 0. The molecule has 1 aliphatic rings. The fourth-order valence-electron chi connectivity index (χ4n) is 2.56. The summed E-state index contributed by atoms with van der Waals surface area (Å²) in [6, 6.07) is 0. The molecule has 104 valence electrons. The number of hydrogen-bond acceptors (Lipinski definition) is 1. The summed E-state index contributed by atoms with van der Waals surface area (Å²) >= 11 is 12.8. The van der Waals surface area contributed by atoms with Crippen molar-refractivity contribution in [2.45, 2.75) is 69.5 Å². The molecule has 2 unspecified atom stereocenters. The van der Waals surface area contributed by atoms with Crippen molar-refractivity contribution in [3.63, 3.8) is 0 Å². The fraction of sp³-hybridized carbons (Fsp3) is 0.800. The molecular weight excluding hydrogens is 267 g/mol. The largest absolute Gasteiger partial charge is 0.294 e. The highest BCUT2D eigenvalue weighted by atomic mass is 35.5. The minimum absolute atomic E-state index is 0.0405. The quantitative estimate of drug-likeness (QED) is 0.644. The van der Waals surface area contributed by atoms with E-state index in [1.807, 2.05) is 27.7 Å². The molecule has 18 heavy (non-hydrogen) atoms. The van der Waals surface area contributed by atoms with Crippen LogP contribution in [0.3, 0.4) is 0 Å². The van der Waals surface area contributed by atoms with Crippen LogP contribution >= 0.6 is 23.2 Å². The molecule has 2 atom stereocenters. The summed E-state index contributed by atoms with van der Waals surface area (Å²) in [5.74, 6) is 0.155. The first-order valence-electron chi connectivity index (χ1n) is 6.71. The molecule has 1 rings (SSSR count). The highest BCUT2D eigenvalue weighted by Crippen LogP contribution is 2.38. The van der Waals surface area contributed by atoms with Crippen LogP contribution in [0.2, 0.25) is 0 Å². The predicted molar refractivity (Wildman–Crippen MR) is 79.5 cm³/mol. The van der Waals surface area contributed by atoms with Gasteiger partial charge in [-0.05, 0) is 65.9 Å². The van der Waals surface area contributed by atoms with Crippen molar-refractivity contribution in [2.24, 2.45) is 5.92 Å². The van der Waals surface area contributed by atoms with E-state index in [2.05, 4.69) is 0 Å². The zero-order valence-corrected chi connectivity index (χ0v) is 13.4. The second kappa shape index (κ2) is 5.96. The molecule has 0 aliphatic heterocycles. The van der Waals surface area contributed by atoms with Gasteiger partial charge in [-0.2, -0.15) is 0 Å². The standard InChI is InChI=1S/C15H24Cl2O/c1-11-6-7-12(13(18)10-11)15(4,17)9-5-8-14(2,3)16/h10,12H,5-9H2,1-4H3.